The standard InChI is InChI=1S/C15H23NO/c1-12-5-6-13(14(9-12)17-4)10-16-8-7-15(2,3)11-16/h5-6,9H,7-8,10-11H2,1-4H3. The molecule has 0 atom stereocenters. The van der Waals surface area contributed by atoms with E-state index >= 15 is 0 Å². The summed E-state index contributed by atoms with van der Waals surface area (Å²) in [5, 5.41) is 0. The quantitative estimate of drug-likeness (QED) is 0.794. The highest BCUT2D eigenvalue weighted by atomic mass is 16.5. The molecular weight excluding hydrogens is 210 g/mol. The number of hydrogen-bond donors (Lipinski definition) is 0. The van der Waals surface area contributed by atoms with E-state index < -0.39 is 0 Å². The third-order valence-corrected chi connectivity index (χ3v) is 3.59. The van der Waals surface area contributed by atoms with Gasteiger partial charge in [-0.15, -0.1) is 0 Å². The Morgan fingerprint density at radius 2 is 2.12 bits per heavy atom. The zero-order chi connectivity index (χ0) is 12.5. The summed E-state index contributed by atoms with van der Waals surface area (Å²) in [6.07, 6.45) is 1.29. The molecule has 1 aromatic rings. The minimum Gasteiger partial charge on any atom is -0.496 e. The van der Waals surface area contributed by atoms with Gasteiger partial charge in [-0.3, -0.25) is 4.90 Å². The van der Waals surface area contributed by atoms with E-state index in [1.807, 2.05) is 0 Å². The molecular formula is C15H23NO. The first-order valence-corrected chi connectivity index (χ1v) is 6.36. The number of likely N-dealkylation sites (tertiary alicyclic amines) is 1. The average molecular weight is 233 g/mol. The predicted octanol–water partition coefficient (Wildman–Crippen LogP) is 3.24. The fourth-order valence-corrected chi connectivity index (χ4v) is 2.58. The summed E-state index contributed by atoms with van der Waals surface area (Å²) in [6.45, 7) is 10.2. The molecule has 0 radical (unpaired) electrons. The van der Waals surface area contributed by atoms with Gasteiger partial charge in [0, 0.05) is 18.7 Å². The van der Waals surface area contributed by atoms with Crippen molar-refractivity contribution in [2.24, 2.45) is 5.41 Å². The fraction of sp³-hybridized carbons (Fsp3) is 0.600. The number of hydrogen-bond acceptors (Lipinski definition) is 2. The Balaban J connectivity index is 2.09. The molecule has 1 aromatic carbocycles. The highest BCUT2D eigenvalue weighted by molar-refractivity contribution is 5.37. The third kappa shape index (κ3) is 3.01. The Bertz CT molecular complexity index is 398. The molecule has 0 unspecified atom stereocenters. The van der Waals surface area contributed by atoms with Crippen LogP contribution in [0.1, 0.15) is 31.4 Å². The molecule has 0 aliphatic carbocycles. The molecule has 0 bridgehead atoms. The highest BCUT2D eigenvalue weighted by Crippen LogP contribution is 2.31. The molecule has 0 amide bonds. The van der Waals surface area contributed by atoms with Gasteiger partial charge in [0.05, 0.1) is 7.11 Å². The molecule has 0 N–H and O–H groups in total. The molecule has 1 aliphatic heterocycles. The van der Waals surface area contributed by atoms with Gasteiger partial charge < -0.3 is 4.74 Å². The second-order valence-electron chi connectivity index (χ2n) is 5.94. The topological polar surface area (TPSA) is 12.5 Å². The number of ether oxygens (including phenoxy) is 1. The molecule has 0 aromatic heterocycles. The first-order chi connectivity index (χ1) is 8.00. The van der Waals surface area contributed by atoms with Gasteiger partial charge in [-0.25, -0.2) is 0 Å². The zero-order valence-electron chi connectivity index (χ0n) is 11.4. The van der Waals surface area contributed by atoms with Crippen LogP contribution in [0.3, 0.4) is 0 Å². The van der Waals surface area contributed by atoms with Gasteiger partial charge in [0.2, 0.25) is 0 Å². The SMILES string of the molecule is COc1cc(C)ccc1CN1CCC(C)(C)C1. The lowest BCUT2D eigenvalue weighted by molar-refractivity contribution is 0.279. The monoisotopic (exact) mass is 233 g/mol. The Hall–Kier alpha value is -1.02. The number of benzene rings is 1. The molecule has 1 heterocycles. The maximum atomic E-state index is 5.46. The molecule has 1 aliphatic rings. The Morgan fingerprint density at radius 1 is 1.35 bits per heavy atom. The Labute approximate surface area is 105 Å². The van der Waals surface area contributed by atoms with Gasteiger partial charge in [0.1, 0.15) is 5.75 Å². The summed E-state index contributed by atoms with van der Waals surface area (Å²) in [5.74, 6) is 1.02. The smallest absolute Gasteiger partial charge is 0.123 e. The molecule has 0 saturated carbocycles. The van der Waals surface area contributed by atoms with Crippen LogP contribution in [0.2, 0.25) is 0 Å². The number of aryl methyl sites for hydroxylation is 1. The van der Waals surface area contributed by atoms with E-state index in [2.05, 4.69) is 43.9 Å². The molecule has 2 rings (SSSR count). The van der Waals surface area contributed by atoms with E-state index in [4.69, 9.17) is 4.74 Å². The minimum atomic E-state index is 0.470. The van der Waals surface area contributed by atoms with E-state index in [1.165, 1.54) is 30.6 Å². The Morgan fingerprint density at radius 3 is 2.71 bits per heavy atom. The minimum absolute atomic E-state index is 0.470. The second-order valence-corrected chi connectivity index (χ2v) is 5.94. The predicted molar refractivity (Wildman–Crippen MR) is 71.4 cm³/mol. The average Bonchev–Trinajstić information content (AvgIpc) is 2.61. The maximum Gasteiger partial charge on any atom is 0.123 e. The molecule has 17 heavy (non-hydrogen) atoms. The van der Waals surface area contributed by atoms with Crippen molar-refractivity contribution >= 4 is 0 Å². The van der Waals surface area contributed by atoms with Crippen LogP contribution in [0.15, 0.2) is 18.2 Å². The van der Waals surface area contributed by atoms with Crippen LogP contribution in [0.25, 0.3) is 0 Å². The normalized spacial score (nSPS) is 19.5. The lowest BCUT2D eigenvalue weighted by Gasteiger charge is -2.20. The Kier molecular flexibility index (Phi) is 3.43. The van der Waals surface area contributed by atoms with Gasteiger partial charge in [-0.05, 0) is 36.9 Å². The summed E-state index contributed by atoms with van der Waals surface area (Å²) in [5.41, 5.74) is 3.03. The van der Waals surface area contributed by atoms with Crippen LogP contribution in [0, 0.1) is 12.3 Å². The summed E-state index contributed by atoms with van der Waals surface area (Å²) in [6, 6.07) is 6.48. The van der Waals surface area contributed by atoms with E-state index in [0.29, 0.717) is 5.41 Å². The van der Waals surface area contributed by atoms with Crippen molar-refractivity contribution in [1.82, 2.24) is 4.90 Å². The van der Waals surface area contributed by atoms with Crippen molar-refractivity contribution in [3.63, 3.8) is 0 Å². The molecule has 2 heteroatoms. The fourth-order valence-electron chi connectivity index (χ4n) is 2.58. The van der Waals surface area contributed by atoms with Crippen molar-refractivity contribution in [3.8, 4) is 5.75 Å². The lowest BCUT2D eigenvalue weighted by atomic mass is 9.93. The van der Waals surface area contributed by atoms with Crippen molar-refractivity contribution < 1.29 is 4.74 Å². The van der Waals surface area contributed by atoms with Crippen LogP contribution in [0.5, 0.6) is 5.75 Å². The van der Waals surface area contributed by atoms with E-state index in [1.54, 1.807) is 7.11 Å². The van der Waals surface area contributed by atoms with Crippen molar-refractivity contribution in [3.05, 3.63) is 29.3 Å². The van der Waals surface area contributed by atoms with Gasteiger partial charge in [-0.1, -0.05) is 26.0 Å². The lowest BCUT2D eigenvalue weighted by Crippen LogP contribution is -2.23. The molecule has 2 nitrogen and oxygen atoms in total. The first-order valence-electron chi connectivity index (χ1n) is 6.36. The summed E-state index contributed by atoms with van der Waals surface area (Å²) >= 11 is 0. The largest absolute Gasteiger partial charge is 0.496 e. The van der Waals surface area contributed by atoms with Gasteiger partial charge in [-0.2, -0.15) is 0 Å². The van der Waals surface area contributed by atoms with Crippen LogP contribution in [-0.4, -0.2) is 25.1 Å². The van der Waals surface area contributed by atoms with Gasteiger partial charge in [0.25, 0.3) is 0 Å². The zero-order valence-corrected chi connectivity index (χ0v) is 11.4. The highest BCUT2D eigenvalue weighted by Gasteiger charge is 2.29. The van der Waals surface area contributed by atoms with E-state index in [9.17, 15) is 0 Å². The summed E-state index contributed by atoms with van der Waals surface area (Å²) in [7, 11) is 1.76. The first kappa shape index (κ1) is 12.4. The van der Waals surface area contributed by atoms with Crippen LogP contribution in [0.4, 0.5) is 0 Å². The number of nitrogens with zero attached hydrogens (tertiary/aromatic N) is 1. The third-order valence-electron chi connectivity index (χ3n) is 3.59. The van der Waals surface area contributed by atoms with Gasteiger partial charge >= 0.3 is 0 Å². The molecule has 1 saturated heterocycles. The second kappa shape index (κ2) is 4.69. The van der Waals surface area contributed by atoms with E-state index in [0.717, 1.165) is 12.3 Å². The van der Waals surface area contributed by atoms with Crippen LogP contribution >= 0.6 is 0 Å². The van der Waals surface area contributed by atoms with Crippen molar-refractivity contribution in [1.29, 1.82) is 0 Å². The van der Waals surface area contributed by atoms with Crippen LogP contribution < -0.4 is 4.74 Å². The molecule has 1 fully saturated rings. The number of rotatable bonds is 3. The summed E-state index contributed by atoms with van der Waals surface area (Å²) < 4.78 is 5.46. The van der Waals surface area contributed by atoms with E-state index in [-0.39, 0.29) is 0 Å². The summed E-state index contributed by atoms with van der Waals surface area (Å²) in [4.78, 5) is 2.52. The molecule has 94 valence electrons. The van der Waals surface area contributed by atoms with Crippen molar-refractivity contribution in [2.45, 2.75) is 33.7 Å². The van der Waals surface area contributed by atoms with Crippen molar-refractivity contribution in [2.75, 3.05) is 20.2 Å². The van der Waals surface area contributed by atoms with Gasteiger partial charge in [0.15, 0.2) is 0 Å². The molecule has 0 spiro atoms. The van der Waals surface area contributed by atoms with Crippen LogP contribution in [-0.2, 0) is 6.54 Å². The maximum absolute atomic E-state index is 5.46. The number of methoxy groups -OCH3 is 1.